The molecule has 0 aliphatic carbocycles. The van der Waals surface area contributed by atoms with Gasteiger partial charge in [0.05, 0.1) is 0 Å². The Morgan fingerprint density at radius 3 is 2.45 bits per heavy atom. The number of piperidine rings is 1. The highest BCUT2D eigenvalue weighted by molar-refractivity contribution is 7.15. The van der Waals surface area contributed by atoms with Gasteiger partial charge in [0.2, 0.25) is 11.0 Å². The van der Waals surface area contributed by atoms with E-state index in [1.54, 1.807) is 0 Å². The molecule has 2 atom stereocenters. The number of aromatic nitrogens is 2. The molecule has 1 amide bonds. The molecule has 2 aliphatic rings. The van der Waals surface area contributed by atoms with Gasteiger partial charge < -0.3 is 10.6 Å². The van der Waals surface area contributed by atoms with Crippen molar-refractivity contribution in [3.8, 4) is 0 Å². The number of carbonyl (C=O) groups excluding carboxylic acids is 1. The quantitative estimate of drug-likeness (QED) is 0.884. The maximum Gasteiger partial charge on any atom is 0.226 e. The first-order valence-corrected chi connectivity index (χ1v) is 8.61. The van der Waals surface area contributed by atoms with E-state index in [2.05, 4.69) is 41.6 Å². The van der Waals surface area contributed by atoms with Gasteiger partial charge in [-0.1, -0.05) is 32.1 Å². The van der Waals surface area contributed by atoms with Crippen molar-refractivity contribution in [2.75, 3.05) is 5.32 Å². The highest BCUT2D eigenvalue weighted by Gasteiger charge is 2.34. The SMILES string of the molecule is CC(C)(C)c1nnc(NC(=O)CC2CC3CCC(C2)N3)s1.Cl. The molecule has 22 heavy (non-hydrogen) atoms. The molecule has 5 nitrogen and oxygen atoms in total. The number of hydrogen-bond acceptors (Lipinski definition) is 5. The van der Waals surface area contributed by atoms with Crippen molar-refractivity contribution in [3.05, 3.63) is 5.01 Å². The van der Waals surface area contributed by atoms with Crippen LogP contribution in [-0.4, -0.2) is 28.2 Å². The van der Waals surface area contributed by atoms with Crippen LogP contribution in [0.25, 0.3) is 0 Å². The summed E-state index contributed by atoms with van der Waals surface area (Å²) in [5.41, 5.74) is -0.0190. The molecule has 0 radical (unpaired) electrons. The Kier molecular flexibility index (Phi) is 5.45. The fraction of sp³-hybridized carbons (Fsp3) is 0.800. The van der Waals surface area contributed by atoms with Gasteiger partial charge in [0, 0.05) is 23.9 Å². The number of halogens is 1. The van der Waals surface area contributed by atoms with Gasteiger partial charge >= 0.3 is 0 Å². The number of carbonyl (C=O) groups is 1. The van der Waals surface area contributed by atoms with Gasteiger partial charge in [-0.2, -0.15) is 0 Å². The minimum absolute atomic E-state index is 0. The number of anilines is 1. The Morgan fingerprint density at radius 2 is 1.91 bits per heavy atom. The third-order valence-electron chi connectivity index (χ3n) is 4.36. The zero-order valence-corrected chi connectivity index (χ0v) is 15.0. The molecule has 2 N–H and O–H groups in total. The largest absolute Gasteiger partial charge is 0.311 e. The van der Waals surface area contributed by atoms with E-state index in [0.29, 0.717) is 29.6 Å². The second kappa shape index (κ2) is 6.81. The average Bonchev–Trinajstić information content (AvgIpc) is 2.96. The van der Waals surface area contributed by atoms with Gasteiger partial charge in [-0.3, -0.25) is 4.79 Å². The summed E-state index contributed by atoms with van der Waals surface area (Å²) < 4.78 is 0. The van der Waals surface area contributed by atoms with Crippen LogP contribution >= 0.6 is 23.7 Å². The fourth-order valence-electron chi connectivity index (χ4n) is 3.35. The van der Waals surface area contributed by atoms with Crippen molar-refractivity contribution in [1.29, 1.82) is 0 Å². The molecule has 7 heteroatoms. The molecular weight excluding hydrogens is 320 g/mol. The van der Waals surface area contributed by atoms with Gasteiger partial charge in [0.1, 0.15) is 5.01 Å². The van der Waals surface area contributed by atoms with E-state index >= 15 is 0 Å². The molecule has 2 aliphatic heterocycles. The average molecular weight is 345 g/mol. The maximum atomic E-state index is 12.2. The monoisotopic (exact) mass is 344 g/mol. The number of hydrogen-bond donors (Lipinski definition) is 2. The Bertz CT molecular complexity index is 516. The standard InChI is InChI=1S/C15H24N4OS.ClH/c1-15(2,3)13-18-19-14(21-13)17-12(20)8-9-6-10-4-5-11(7-9)16-10;/h9-11,16H,4-8H2,1-3H3,(H,17,19,20);1H. The maximum absolute atomic E-state index is 12.2. The summed E-state index contributed by atoms with van der Waals surface area (Å²) in [6.07, 6.45) is 5.42. The molecule has 2 saturated heterocycles. The van der Waals surface area contributed by atoms with Crippen LogP contribution in [0.3, 0.4) is 0 Å². The smallest absolute Gasteiger partial charge is 0.226 e. The molecule has 124 valence electrons. The predicted molar refractivity (Wildman–Crippen MR) is 91.8 cm³/mol. The molecule has 0 spiro atoms. The van der Waals surface area contributed by atoms with E-state index in [0.717, 1.165) is 17.8 Å². The van der Waals surface area contributed by atoms with Gasteiger partial charge in [0.15, 0.2) is 0 Å². The lowest BCUT2D eigenvalue weighted by molar-refractivity contribution is -0.117. The van der Waals surface area contributed by atoms with Crippen LogP contribution in [0.1, 0.15) is 57.9 Å². The topological polar surface area (TPSA) is 66.9 Å². The van der Waals surface area contributed by atoms with Crippen LogP contribution in [0.15, 0.2) is 0 Å². The summed E-state index contributed by atoms with van der Waals surface area (Å²) in [7, 11) is 0. The van der Waals surface area contributed by atoms with Crippen LogP contribution in [0, 0.1) is 5.92 Å². The van der Waals surface area contributed by atoms with Crippen LogP contribution in [-0.2, 0) is 10.2 Å². The predicted octanol–water partition coefficient (Wildman–Crippen LogP) is 3.12. The van der Waals surface area contributed by atoms with Crippen LogP contribution in [0.4, 0.5) is 5.13 Å². The summed E-state index contributed by atoms with van der Waals surface area (Å²) in [6, 6.07) is 1.27. The van der Waals surface area contributed by atoms with Crippen LogP contribution in [0.2, 0.25) is 0 Å². The first kappa shape index (κ1) is 17.6. The third-order valence-corrected chi connectivity index (χ3v) is 5.62. The second-order valence-corrected chi connectivity index (χ2v) is 8.37. The molecule has 3 heterocycles. The molecule has 3 rings (SSSR count). The second-order valence-electron chi connectivity index (χ2n) is 7.39. The molecule has 0 saturated carbocycles. The van der Waals surface area contributed by atoms with Gasteiger partial charge in [-0.15, -0.1) is 22.6 Å². The van der Waals surface area contributed by atoms with E-state index in [1.807, 2.05) is 0 Å². The lowest BCUT2D eigenvalue weighted by atomic mass is 9.89. The Labute approximate surface area is 142 Å². The molecule has 0 aromatic carbocycles. The van der Waals surface area contributed by atoms with E-state index in [9.17, 15) is 4.79 Å². The number of fused-ring (bicyclic) bond motifs is 2. The molecule has 1 aromatic heterocycles. The van der Waals surface area contributed by atoms with E-state index in [1.165, 1.54) is 24.2 Å². The van der Waals surface area contributed by atoms with Gasteiger partial charge in [-0.05, 0) is 31.6 Å². The molecule has 2 unspecified atom stereocenters. The molecule has 2 fully saturated rings. The van der Waals surface area contributed by atoms with E-state index in [-0.39, 0.29) is 23.7 Å². The van der Waals surface area contributed by atoms with Gasteiger partial charge in [-0.25, -0.2) is 0 Å². The van der Waals surface area contributed by atoms with Crippen LogP contribution in [0.5, 0.6) is 0 Å². The summed E-state index contributed by atoms with van der Waals surface area (Å²) in [5.74, 6) is 0.594. The number of amides is 1. The minimum atomic E-state index is -0.0190. The first-order valence-electron chi connectivity index (χ1n) is 7.80. The Hall–Kier alpha value is -0.720. The Balaban J connectivity index is 0.00000176. The van der Waals surface area contributed by atoms with Crippen molar-refractivity contribution in [2.24, 2.45) is 5.92 Å². The zero-order chi connectivity index (χ0) is 15.0. The molecule has 1 aromatic rings. The summed E-state index contributed by atoms with van der Waals surface area (Å²) in [4.78, 5) is 12.2. The number of rotatable bonds is 3. The number of nitrogens with zero attached hydrogens (tertiary/aromatic N) is 2. The normalized spacial score (nSPS) is 27.3. The number of nitrogens with one attached hydrogen (secondary N) is 2. The van der Waals surface area contributed by atoms with Crippen molar-refractivity contribution >= 4 is 34.8 Å². The highest BCUT2D eigenvalue weighted by Crippen LogP contribution is 2.33. The van der Waals surface area contributed by atoms with Crippen molar-refractivity contribution in [3.63, 3.8) is 0 Å². The molecule has 2 bridgehead atoms. The van der Waals surface area contributed by atoms with Crippen molar-refractivity contribution in [2.45, 2.75) is 70.4 Å². The summed E-state index contributed by atoms with van der Waals surface area (Å²) in [5, 5.41) is 16.4. The lowest BCUT2D eigenvalue weighted by Gasteiger charge is -2.28. The fourth-order valence-corrected chi connectivity index (χ4v) is 4.17. The summed E-state index contributed by atoms with van der Waals surface area (Å²) in [6.45, 7) is 6.30. The Morgan fingerprint density at radius 1 is 1.27 bits per heavy atom. The zero-order valence-electron chi connectivity index (χ0n) is 13.4. The highest BCUT2D eigenvalue weighted by atomic mass is 35.5. The van der Waals surface area contributed by atoms with Crippen LogP contribution < -0.4 is 10.6 Å². The minimum Gasteiger partial charge on any atom is -0.311 e. The molecular formula is C15H25ClN4OS. The van der Waals surface area contributed by atoms with E-state index in [4.69, 9.17) is 0 Å². The summed E-state index contributed by atoms with van der Waals surface area (Å²) >= 11 is 1.48. The van der Waals surface area contributed by atoms with Crippen molar-refractivity contribution in [1.82, 2.24) is 15.5 Å². The third kappa shape index (κ3) is 4.18. The van der Waals surface area contributed by atoms with E-state index < -0.39 is 0 Å². The van der Waals surface area contributed by atoms with Gasteiger partial charge in [0.25, 0.3) is 0 Å². The lowest BCUT2D eigenvalue weighted by Crippen LogP contribution is -2.39. The van der Waals surface area contributed by atoms with Crippen molar-refractivity contribution < 1.29 is 4.79 Å². The first-order chi connectivity index (χ1) is 9.90.